The maximum atomic E-state index is 4.46. The fourth-order valence-electron chi connectivity index (χ4n) is 7.43. The van der Waals surface area contributed by atoms with Gasteiger partial charge in [0.15, 0.2) is 22.6 Å². The Morgan fingerprint density at radius 1 is 0.393 bits per heavy atom. The summed E-state index contributed by atoms with van der Waals surface area (Å²) in [7, 11) is 0. The molecule has 0 spiro atoms. The zero-order valence-electron chi connectivity index (χ0n) is 51.5. The Balaban J connectivity index is 0.000000155. The van der Waals surface area contributed by atoms with E-state index in [9.17, 15) is 0 Å². The lowest BCUT2D eigenvalue weighted by molar-refractivity contribution is 0.794. The molecule has 0 atom stereocenters. The van der Waals surface area contributed by atoms with Gasteiger partial charge in [0.2, 0.25) is 0 Å². The van der Waals surface area contributed by atoms with Crippen molar-refractivity contribution in [3.05, 3.63) is 151 Å². The minimum Gasteiger partial charge on any atom is -0.348 e. The highest BCUT2D eigenvalue weighted by atomic mass is 15.1. The van der Waals surface area contributed by atoms with Crippen LogP contribution in [0.2, 0.25) is 0 Å². The van der Waals surface area contributed by atoms with E-state index in [2.05, 4.69) is 221 Å². The van der Waals surface area contributed by atoms with Gasteiger partial charge in [-0.3, -0.25) is 15.1 Å². The first-order valence-corrected chi connectivity index (χ1v) is 28.7. The lowest BCUT2D eigenvalue weighted by atomic mass is 10.1. The molecule has 0 saturated carbocycles. The third-order valence-electron chi connectivity index (χ3n) is 12.5. The topological polar surface area (TPSA) is 303 Å². The number of para-hydroxylation sites is 2. The number of imidazole rings is 6. The Morgan fingerprint density at radius 2 is 0.940 bits per heavy atom. The molecule has 0 bridgehead atoms. The zero-order chi connectivity index (χ0) is 60.7. The molecule has 84 heavy (non-hydrogen) atoms. The van der Waals surface area contributed by atoms with Crippen molar-refractivity contribution in [1.82, 2.24) is 99.9 Å². The number of nitrogens with zero attached hydrogens (tertiary/aromatic N) is 15. The highest BCUT2D eigenvalue weighted by molar-refractivity contribution is 5.97. The first kappa shape index (κ1) is 64.0. The Labute approximate surface area is 491 Å². The summed E-state index contributed by atoms with van der Waals surface area (Å²) < 4.78 is 0. The summed E-state index contributed by atoms with van der Waals surface area (Å²) in [5.41, 5.74) is 11.5. The van der Waals surface area contributed by atoms with Crippen molar-refractivity contribution >= 4 is 67.7 Å². The molecule has 0 amide bonds. The van der Waals surface area contributed by atoms with Crippen LogP contribution in [0.1, 0.15) is 193 Å². The van der Waals surface area contributed by atoms with Crippen LogP contribution in [0.15, 0.2) is 121 Å². The first-order chi connectivity index (χ1) is 40.3. The molecule has 0 unspecified atom stereocenters. The minimum absolute atomic E-state index is 0.390. The van der Waals surface area contributed by atoms with Gasteiger partial charge in [-0.25, -0.2) is 59.8 Å². The molecular weight excluding hydrogens is 1050 g/mol. The Kier molecular flexibility index (Phi) is 24.3. The number of aromatic amines is 7. The fourth-order valence-corrected chi connectivity index (χ4v) is 7.43. The number of H-pyrrole nitrogens is 7. The highest BCUT2D eigenvalue weighted by Crippen LogP contribution is 2.19. The molecule has 442 valence electrons. The summed E-state index contributed by atoms with van der Waals surface area (Å²) in [6, 6.07) is 15.9. The summed E-state index contributed by atoms with van der Waals surface area (Å²) in [5, 5.41) is 6.70. The van der Waals surface area contributed by atoms with E-state index in [0.29, 0.717) is 53.0 Å². The van der Waals surface area contributed by atoms with E-state index in [0.717, 1.165) is 91.5 Å². The number of fused-ring (bicyclic) bond motifs is 5. The van der Waals surface area contributed by atoms with Crippen LogP contribution in [0.5, 0.6) is 0 Å². The summed E-state index contributed by atoms with van der Waals surface area (Å²) in [6.45, 7) is 34.6. The number of rotatable bonds is 8. The first-order valence-electron chi connectivity index (χ1n) is 28.7. The van der Waals surface area contributed by atoms with Crippen molar-refractivity contribution in [2.75, 3.05) is 6.54 Å². The van der Waals surface area contributed by atoms with Crippen molar-refractivity contribution in [1.29, 1.82) is 0 Å². The Morgan fingerprint density at radius 3 is 1.44 bits per heavy atom. The van der Waals surface area contributed by atoms with E-state index in [1.165, 1.54) is 17.7 Å². The highest BCUT2D eigenvalue weighted by Gasteiger charge is 2.10. The van der Waals surface area contributed by atoms with Crippen LogP contribution >= 0.6 is 0 Å². The molecule has 12 heterocycles. The molecule has 22 heteroatoms. The van der Waals surface area contributed by atoms with Gasteiger partial charge in [0, 0.05) is 90.3 Å². The predicted octanol–water partition coefficient (Wildman–Crippen LogP) is 14.0. The van der Waals surface area contributed by atoms with E-state index in [1.54, 1.807) is 55.9 Å². The lowest BCUT2D eigenvalue weighted by Gasteiger charge is -1.99. The molecule has 13 rings (SSSR count). The normalized spacial score (nSPS) is 11.7. The summed E-state index contributed by atoms with van der Waals surface area (Å²) in [6.07, 6.45) is 18.9. The maximum absolute atomic E-state index is 4.46. The zero-order valence-corrected chi connectivity index (χ0v) is 51.5. The molecule has 0 radical (unpaired) electrons. The molecule has 1 aliphatic rings. The van der Waals surface area contributed by atoms with Crippen LogP contribution in [0.25, 0.3) is 55.7 Å². The third kappa shape index (κ3) is 19.5. The molecule has 22 nitrogen and oxygen atoms in total. The molecule has 0 aliphatic carbocycles. The molecule has 0 fully saturated rings. The van der Waals surface area contributed by atoms with Gasteiger partial charge >= 0.3 is 0 Å². The Hall–Kier alpha value is -9.21. The van der Waals surface area contributed by atoms with Gasteiger partial charge in [-0.2, -0.15) is 5.10 Å². The molecule has 7 N–H and O–H groups in total. The number of pyridine rings is 2. The van der Waals surface area contributed by atoms with Gasteiger partial charge in [-0.05, 0) is 48.2 Å². The monoisotopic (exact) mass is 1140 g/mol. The van der Waals surface area contributed by atoms with Gasteiger partial charge in [0.25, 0.3) is 0 Å². The third-order valence-corrected chi connectivity index (χ3v) is 12.5. The van der Waals surface area contributed by atoms with Crippen molar-refractivity contribution < 1.29 is 0 Å². The van der Waals surface area contributed by atoms with Crippen molar-refractivity contribution in [2.45, 2.75) is 152 Å². The second-order valence-corrected chi connectivity index (χ2v) is 22.2. The van der Waals surface area contributed by atoms with Crippen molar-refractivity contribution in [3.63, 3.8) is 0 Å². The predicted molar refractivity (Wildman–Crippen MR) is 339 cm³/mol. The van der Waals surface area contributed by atoms with Crippen LogP contribution in [0.4, 0.5) is 0 Å². The van der Waals surface area contributed by atoms with Gasteiger partial charge in [0.1, 0.15) is 53.1 Å². The standard InChI is InChI=1S/C10H12N2.2C9H11N3.2C8H10N4.3C6H10N2/c1-7(2)10-11-8-5-3-4-6-9(8)12-10;1-6(2)9-11-7-3-4-10-5-8(7)12-9;1-6(2)8-11-7-4-3-5-10-9(7)12-8;1-5(2)7-11-6-3-9-4-10-8(6)12-7;1-5(2)6-11-7-8(12-6)10-4-3-9-7;1-5(2)6-3-7-4-8-6;1-5(2)6-7-3-4-8-6;1-5(2)6-3-4-7-8-6/h3-7H,1-2H3,(H,11,12);3-6H,1-2H3,(H,11,12);3-6H,1-2H3,(H,10,11,12);2*3-5H,1-2H3,(H,9,10,11,12);4-5H,3H2,1-2H3;2*3-5H,1-2H3,(H,7,8). The van der Waals surface area contributed by atoms with Gasteiger partial charge < -0.3 is 29.9 Å². The average molecular weight is 1140 g/mol. The molecule has 1 aliphatic heterocycles. The van der Waals surface area contributed by atoms with Crippen molar-refractivity contribution in [3.8, 4) is 0 Å². The summed E-state index contributed by atoms with van der Waals surface area (Å²) >= 11 is 0. The molecule has 1 aromatic carbocycles. The number of benzene rings is 1. The van der Waals surface area contributed by atoms with Gasteiger partial charge in [-0.1, -0.05) is 123 Å². The number of aliphatic imine (C=N–C) groups is 2. The van der Waals surface area contributed by atoms with E-state index >= 15 is 0 Å². The molecule has 12 aromatic rings. The fraction of sp³-hybridized carbons (Fsp3) is 0.403. The molecule has 0 saturated heterocycles. The van der Waals surface area contributed by atoms with E-state index in [-0.39, 0.29) is 0 Å². The van der Waals surface area contributed by atoms with Crippen LogP contribution in [0, 0.1) is 5.92 Å². The second kappa shape index (κ2) is 31.9. The van der Waals surface area contributed by atoms with Crippen molar-refractivity contribution in [2.24, 2.45) is 15.9 Å². The van der Waals surface area contributed by atoms with Crippen LogP contribution in [-0.2, 0) is 0 Å². The lowest BCUT2D eigenvalue weighted by Crippen LogP contribution is -2.07. The SMILES string of the molecule is CC(C)C1=NC=NC1.CC(C)c1ccn[nH]1.CC(C)c1nc2ccccc2[nH]1.CC(C)c1nc2ccncc2[nH]1.CC(C)c1nc2ncccc2[nH]1.CC(C)c1nc2nccnc2[nH]1.CC(C)c1nc2ncncc2[nH]1.CC(C)c1ncc[nH]1. The average Bonchev–Trinajstić information content (AvgIpc) is 4.49. The van der Waals surface area contributed by atoms with Crippen LogP contribution in [-0.4, -0.2) is 119 Å². The van der Waals surface area contributed by atoms with Crippen LogP contribution in [0.3, 0.4) is 0 Å². The van der Waals surface area contributed by atoms with E-state index in [1.807, 2.05) is 54.7 Å². The van der Waals surface area contributed by atoms with Crippen LogP contribution < -0.4 is 0 Å². The molecular formula is C62H84N22. The number of aromatic nitrogens is 20. The molecule has 11 aromatic heterocycles. The number of nitrogens with one attached hydrogen (secondary N) is 7. The number of hydrogen-bond acceptors (Lipinski definition) is 15. The van der Waals surface area contributed by atoms with E-state index in [4.69, 9.17) is 0 Å². The smallest absolute Gasteiger partial charge is 0.197 e. The van der Waals surface area contributed by atoms with Gasteiger partial charge in [0.05, 0.1) is 46.5 Å². The minimum atomic E-state index is 0.390. The van der Waals surface area contributed by atoms with E-state index < -0.39 is 0 Å². The largest absolute Gasteiger partial charge is 0.348 e. The second-order valence-electron chi connectivity index (χ2n) is 22.2. The maximum Gasteiger partial charge on any atom is 0.197 e. The summed E-state index contributed by atoms with van der Waals surface area (Å²) in [4.78, 5) is 77.2. The quantitative estimate of drug-likeness (QED) is 0.0745. The summed E-state index contributed by atoms with van der Waals surface area (Å²) in [5.74, 6) is 9.85. The van der Waals surface area contributed by atoms with Gasteiger partial charge in [-0.15, -0.1) is 0 Å². The number of hydrogen-bond donors (Lipinski definition) is 7. The Bertz CT molecular complexity index is 3170.